The van der Waals surface area contributed by atoms with E-state index in [0.717, 1.165) is 12.0 Å². The zero-order valence-corrected chi connectivity index (χ0v) is 14.5. The molecule has 0 radical (unpaired) electrons. The van der Waals surface area contributed by atoms with Crippen LogP contribution >= 0.6 is 12.4 Å². The number of ether oxygens (including phenoxy) is 1. The standard InChI is InChI=1S/C17H18N2O5.ClH/c1-3-10-7-11-12(8-14(10)23-2)18-16(20)9-15(11)24-19-6-4-5-13(19)17(21)22;/h3,7-9,13H,1,4-6H2,2H3,(H,18,20)(H,21,22);1H/t13-;/m0./s1. The number of H-pyrrole nitrogens is 1. The molecule has 1 aromatic carbocycles. The van der Waals surface area contributed by atoms with Gasteiger partial charge in [-0.15, -0.1) is 17.5 Å². The van der Waals surface area contributed by atoms with Crippen molar-refractivity contribution in [2.45, 2.75) is 18.9 Å². The summed E-state index contributed by atoms with van der Waals surface area (Å²) >= 11 is 0. The molecule has 0 aliphatic carbocycles. The summed E-state index contributed by atoms with van der Waals surface area (Å²) in [6, 6.07) is 4.09. The van der Waals surface area contributed by atoms with E-state index in [1.54, 1.807) is 18.2 Å². The first-order chi connectivity index (χ1) is 11.5. The minimum absolute atomic E-state index is 0. The number of hydrogen-bond acceptors (Lipinski definition) is 5. The number of aromatic amines is 1. The number of nitrogens with one attached hydrogen (secondary N) is 1. The minimum Gasteiger partial charge on any atom is -0.496 e. The maximum Gasteiger partial charge on any atom is 0.324 e. The highest BCUT2D eigenvalue weighted by molar-refractivity contribution is 5.89. The Morgan fingerprint density at radius 3 is 2.80 bits per heavy atom. The third kappa shape index (κ3) is 3.62. The molecule has 1 aromatic heterocycles. The van der Waals surface area contributed by atoms with Crippen molar-refractivity contribution >= 4 is 35.4 Å². The highest BCUT2D eigenvalue weighted by atomic mass is 35.5. The molecule has 1 saturated heterocycles. The number of pyridine rings is 1. The van der Waals surface area contributed by atoms with Gasteiger partial charge in [-0.05, 0) is 18.9 Å². The largest absolute Gasteiger partial charge is 0.496 e. The molecular formula is C17H19ClN2O5. The maximum absolute atomic E-state index is 11.9. The Morgan fingerprint density at radius 1 is 1.40 bits per heavy atom. The summed E-state index contributed by atoms with van der Waals surface area (Å²) in [6.45, 7) is 4.25. The smallest absolute Gasteiger partial charge is 0.324 e. The van der Waals surface area contributed by atoms with Crippen LogP contribution in [0.4, 0.5) is 0 Å². The van der Waals surface area contributed by atoms with Crippen molar-refractivity contribution in [3.8, 4) is 11.5 Å². The lowest BCUT2D eigenvalue weighted by Crippen LogP contribution is -2.38. The second-order valence-electron chi connectivity index (χ2n) is 5.57. The molecule has 0 amide bonds. The van der Waals surface area contributed by atoms with Crippen LogP contribution in [0.3, 0.4) is 0 Å². The number of rotatable bonds is 5. The Labute approximate surface area is 150 Å². The molecule has 1 atom stereocenters. The molecular weight excluding hydrogens is 348 g/mol. The van der Waals surface area contributed by atoms with Gasteiger partial charge in [0.2, 0.25) is 0 Å². The summed E-state index contributed by atoms with van der Waals surface area (Å²) in [5.74, 6) is -0.0439. The average molecular weight is 367 g/mol. The van der Waals surface area contributed by atoms with Crippen LogP contribution in [0.1, 0.15) is 18.4 Å². The van der Waals surface area contributed by atoms with Crippen molar-refractivity contribution in [2.75, 3.05) is 13.7 Å². The van der Waals surface area contributed by atoms with Gasteiger partial charge in [-0.25, -0.2) is 0 Å². The zero-order chi connectivity index (χ0) is 17.3. The number of aliphatic carboxylic acids is 1. The molecule has 2 heterocycles. The second-order valence-corrected chi connectivity index (χ2v) is 5.57. The first kappa shape index (κ1) is 18.8. The number of hydroxylamine groups is 2. The van der Waals surface area contributed by atoms with Crippen molar-refractivity contribution in [1.29, 1.82) is 0 Å². The van der Waals surface area contributed by atoms with E-state index in [2.05, 4.69) is 11.6 Å². The first-order valence-electron chi connectivity index (χ1n) is 7.58. The van der Waals surface area contributed by atoms with Crippen molar-refractivity contribution < 1.29 is 19.5 Å². The highest BCUT2D eigenvalue weighted by Crippen LogP contribution is 2.31. The van der Waals surface area contributed by atoms with E-state index in [-0.39, 0.29) is 18.0 Å². The number of hydrogen-bond donors (Lipinski definition) is 2. The molecule has 8 heteroatoms. The van der Waals surface area contributed by atoms with E-state index in [1.165, 1.54) is 18.2 Å². The van der Waals surface area contributed by atoms with Gasteiger partial charge in [-0.1, -0.05) is 12.7 Å². The van der Waals surface area contributed by atoms with E-state index in [9.17, 15) is 14.7 Å². The molecule has 2 N–H and O–H groups in total. The normalized spacial score (nSPS) is 17.1. The summed E-state index contributed by atoms with van der Waals surface area (Å²) < 4.78 is 5.28. The summed E-state index contributed by atoms with van der Waals surface area (Å²) in [4.78, 5) is 31.7. The van der Waals surface area contributed by atoms with E-state index >= 15 is 0 Å². The number of carboxylic acids is 1. The van der Waals surface area contributed by atoms with Crippen molar-refractivity contribution in [2.24, 2.45) is 0 Å². The number of benzene rings is 1. The van der Waals surface area contributed by atoms with Crippen LogP contribution in [-0.2, 0) is 4.79 Å². The van der Waals surface area contributed by atoms with Crippen LogP contribution in [0.2, 0.25) is 0 Å². The van der Waals surface area contributed by atoms with Gasteiger partial charge < -0.3 is 19.7 Å². The van der Waals surface area contributed by atoms with Crippen molar-refractivity contribution in [3.63, 3.8) is 0 Å². The number of fused-ring (bicyclic) bond motifs is 1. The van der Waals surface area contributed by atoms with E-state index in [4.69, 9.17) is 9.57 Å². The molecule has 0 saturated carbocycles. The molecule has 2 aromatic rings. The molecule has 25 heavy (non-hydrogen) atoms. The number of methoxy groups -OCH3 is 1. The molecule has 0 spiro atoms. The predicted octanol–water partition coefficient (Wildman–Crippen LogP) is 2.44. The molecule has 0 bridgehead atoms. The van der Waals surface area contributed by atoms with Gasteiger partial charge in [0.25, 0.3) is 5.56 Å². The zero-order valence-electron chi connectivity index (χ0n) is 13.7. The number of carboxylic acid groups (broad SMARTS) is 1. The fourth-order valence-corrected chi connectivity index (χ4v) is 2.90. The molecule has 7 nitrogen and oxygen atoms in total. The van der Waals surface area contributed by atoms with Gasteiger partial charge >= 0.3 is 5.97 Å². The van der Waals surface area contributed by atoms with Crippen molar-refractivity contribution in [3.05, 3.63) is 40.7 Å². The Kier molecular flexibility index (Phi) is 5.71. The van der Waals surface area contributed by atoms with E-state index in [1.807, 2.05) is 0 Å². The van der Waals surface area contributed by atoms with Crippen LogP contribution in [0.15, 0.2) is 29.6 Å². The average Bonchev–Trinajstić information content (AvgIpc) is 3.02. The van der Waals surface area contributed by atoms with Crippen LogP contribution in [-0.4, -0.2) is 40.8 Å². The van der Waals surface area contributed by atoms with Crippen molar-refractivity contribution in [1.82, 2.24) is 10.0 Å². The monoisotopic (exact) mass is 366 g/mol. The molecule has 1 aliphatic heterocycles. The Hall–Kier alpha value is -2.51. The molecule has 3 rings (SSSR count). The Morgan fingerprint density at radius 2 is 2.16 bits per heavy atom. The summed E-state index contributed by atoms with van der Waals surface area (Å²) in [7, 11) is 1.54. The summed E-state index contributed by atoms with van der Waals surface area (Å²) in [6.07, 6.45) is 2.88. The maximum atomic E-state index is 11.9. The van der Waals surface area contributed by atoms with Gasteiger partial charge in [-0.2, -0.15) is 0 Å². The first-order valence-corrected chi connectivity index (χ1v) is 7.58. The fourth-order valence-electron chi connectivity index (χ4n) is 2.90. The van der Waals surface area contributed by atoms with E-state index < -0.39 is 12.0 Å². The second kappa shape index (κ2) is 7.58. The molecule has 134 valence electrons. The lowest BCUT2D eigenvalue weighted by Gasteiger charge is -2.22. The fraction of sp³-hybridized carbons (Fsp3) is 0.294. The Bertz CT molecular complexity index is 864. The van der Waals surface area contributed by atoms with Gasteiger partial charge in [-0.3, -0.25) is 9.59 Å². The predicted molar refractivity (Wildman–Crippen MR) is 96.5 cm³/mol. The number of carbonyl (C=O) groups is 1. The number of aromatic nitrogens is 1. The van der Waals surface area contributed by atoms with Crippen LogP contribution in [0.25, 0.3) is 17.0 Å². The molecule has 0 unspecified atom stereocenters. The highest BCUT2D eigenvalue weighted by Gasteiger charge is 2.32. The lowest BCUT2D eigenvalue weighted by atomic mass is 10.1. The summed E-state index contributed by atoms with van der Waals surface area (Å²) in [5.41, 5.74) is 0.959. The quantitative estimate of drug-likeness (QED) is 0.844. The van der Waals surface area contributed by atoms with Gasteiger partial charge in [0.05, 0.1) is 12.6 Å². The third-order valence-electron chi connectivity index (χ3n) is 4.08. The van der Waals surface area contributed by atoms with Gasteiger partial charge in [0.15, 0.2) is 5.75 Å². The Balaban J connectivity index is 0.00000225. The van der Waals surface area contributed by atoms with Gasteiger partial charge in [0, 0.05) is 29.6 Å². The van der Waals surface area contributed by atoms with E-state index in [0.29, 0.717) is 35.4 Å². The van der Waals surface area contributed by atoms with Gasteiger partial charge in [0.1, 0.15) is 11.8 Å². The lowest BCUT2D eigenvalue weighted by molar-refractivity contribution is -0.154. The van der Waals surface area contributed by atoms with Crippen LogP contribution < -0.4 is 15.1 Å². The minimum atomic E-state index is -0.935. The number of halogens is 1. The van der Waals surface area contributed by atoms with Crippen LogP contribution in [0.5, 0.6) is 11.5 Å². The topological polar surface area (TPSA) is 91.9 Å². The third-order valence-corrected chi connectivity index (χ3v) is 4.08. The van der Waals surface area contributed by atoms with Crippen LogP contribution in [0, 0.1) is 0 Å². The number of nitrogens with zero attached hydrogens (tertiary/aromatic N) is 1. The molecule has 1 aliphatic rings. The summed E-state index contributed by atoms with van der Waals surface area (Å²) in [5, 5.41) is 11.3. The SMILES string of the molecule is C=Cc1cc2c(ON3CCC[C@H]3C(=O)O)cc(=O)[nH]c2cc1OC.Cl. The molecule has 1 fully saturated rings.